The van der Waals surface area contributed by atoms with Crippen LogP contribution >= 0.6 is 0 Å². The van der Waals surface area contributed by atoms with E-state index in [0.29, 0.717) is 18.1 Å². The number of ether oxygens (including phenoxy) is 2. The first-order valence-electron chi connectivity index (χ1n) is 8.34. The minimum atomic E-state index is -0.145. The van der Waals surface area contributed by atoms with E-state index in [4.69, 9.17) is 9.47 Å². The van der Waals surface area contributed by atoms with E-state index in [2.05, 4.69) is 36.5 Å². The van der Waals surface area contributed by atoms with Crippen LogP contribution in [0.3, 0.4) is 0 Å². The van der Waals surface area contributed by atoms with Gasteiger partial charge in [0.15, 0.2) is 18.1 Å². The first-order valence-corrected chi connectivity index (χ1v) is 8.34. The molecular weight excluding hydrogens is 302 g/mol. The van der Waals surface area contributed by atoms with E-state index in [1.807, 2.05) is 32.0 Å². The van der Waals surface area contributed by atoms with E-state index in [-0.39, 0.29) is 18.6 Å². The van der Waals surface area contributed by atoms with Gasteiger partial charge in [-0.1, -0.05) is 48.9 Å². The molecule has 0 aromatic heterocycles. The predicted octanol–water partition coefficient (Wildman–Crippen LogP) is 4.04. The Balaban J connectivity index is 1.93. The Morgan fingerprint density at radius 3 is 2.21 bits per heavy atom. The van der Waals surface area contributed by atoms with Crippen LogP contribution in [-0.4, -0.2) is 19.1 Å². The van der Waals surface area contributed by atoms with Gasteiger partial charge in [0.2, 0.25) is 0 Å². The first kappa shape index (κ1) is 17.9. The van der Waals surface area contributed by atoms with Crippen LogP contribution in [0.5, 0.6) is 11.5 Å². The molecule has 0 aliphatic rings. The number of para-hydroxylation sites is 2. The molecular formula is C20H25NO3. The number of amides is 1. The van der Waals surface area contributed by atoms with Gasteiger partial charge < -0.3 is 14.8 Å². The molecule has 0 saturated carbocycles. The average Bonchev–Trinajstić information content (AvgIpc) is 2.60. The van der Waals surface area contributed by atoms with Gasteiger partial charge in [0.1, 0.15) is 0 Å². The maximum absolute atomic E-state index is 12.2. The standard InChI is InChI=1S/C20H25NO3/c1-4-17(16-12-10-15(3)11-13-16)21-20(22)14-24-19-9-7-6-8-18(19)23-5-2/h6-13,17H,4-5,14H2,1-3H3,(H,21,22)/t17-/m1/s1. The van der Waals surface area contributed by atoms with Gasteiger partial charge in [-0.15, -0.1) is 0 Å². The molecule has 0 heterocycles. The first-order chi connectivity index (χ1) is 11.6. The van der Waals surface area contributed by atoms with Crippen molar-refractivity contribution in [1.82, 2.24) is 5.32 Å². The second kappa shape index (κ2) is 8.96. The van der Waals surface area contributed by atoms with Crippen LogP contribution in [0.1, 0.15) is 37.4 Å². The third kappa shape index (κ3) is 5.01. The summed E-state index contributed by atoms with van der Waals surface area (Å²) in [6.07, 6.45) is 0.824. The summed E-state index contributed by atoms with van der Waals surface area (Å²) < 4.78 is 11.1. The molecule has 2 rings (SSSR count). The van der Waals surface area contributed by atoms with Crippen LogP contribution in [0.2, 0.25) is 0 Å². The molecule has 0 radical (unpaired) electrons. The zero-order valence-electron chi connectivity index (χ0n) is 14.5. The molecule has 4 heteroatoms. The number of carbonyl (C=O) groups excluding carboxylic acids is 1. The number of hydrogen-bond donors (Lipinski definition) is 1. The van der Waals surface area contributed by atoms with Gasteiger partial charge in [0.05, 0.1) is 12.6 Å². The quantitative estimate of drug-likeness (QED) is 0.796. The van der Waals surface area contributed by atoms with E-state index in [0.717, 1.165) is 12.0 Å². The van der Waals surface area contributed by atoms with Gasteiger partial charge >= 0.3 is 0 Å². The van der Waals surface area contributed by atoms with E-state index in [1.54, 1.807) is 6.07 Å². The van der Waals surface area contributed by atoms with Crippen LogP contribution in [0.15, 0.2) is 48.5 Å². The van der Waals surface area contributed by atoms with Crippen LogP contribution in [-0.2, 0) is 4.79 Å². The Bertz CT molecular complexity index is 652. The molecule has 2 aromatic carbocycles. The summed E-state index contributed by atoms with van der Waals surface area (Å²) >= 11 is 0. The van der Waals surface area contributed by atoms with Gasteiger partial charge in [0.25, 0.3) is 5.91 Å². The summed E-state index contributed by atoms with van der Waals surface area (Å²) in [5.74, 6) is 1.09. The van der Waals surface area contributed by atoms with Crippen molar-refractivity contribution >= 4 is 5.91 Å². The monoisotopic (exact) mass is 327 g/mol. The normalized spacial score (nSPS) is 11.6. The van der Waals surface area contributed by atoms with Crippen molar-refractivity contribution in [3.8, 4) is 11.5 Å². The smallest absolute Gasteiger partial charge is 0.258 e. The van der Waals surface area contributed by atoms with E-state index < -0.39 is 0 Å². The fourth-order valence-electron chi connectivity index (χ4n) is 2.44. The summed E-state index contributed by atoms with van der Waals surface area (Å²) in [6, 6.07) is 15.6. The lowest BCUT2D eigenvalue weighted by atomic mass is 10.0. The average molecular weight is 327 g/mol. The van der Waals surface area contributed by atoms with E-state index in [1.165, 1.54) is 5.56 Å². The maximum atomic E-state index is 12.2. The molecule has 0 aliphatic heterocycles. The number of hydrogen-bond acceptors (Lipinski definition) is 3. The molecule has 24 heavy (non-hydrogen) atoms. The van der Waals surface area contributed by atoms with Crippen molar-refractivity contribution < 1.29 is 14.3 Å². The van der Waals surface area contributed by atoms with Gasteiger partial charge in [-0.05, 0) is 38.0 Å². The molecule has 0 unspecified atom stereocenters. The molecule has 0 bridgehead atoms. The van der Waals surface area contributed by atoms with Gasteiger partial charge in [0, 0.05) is 0 Å². The van der Waals surface area contributed by atoms with Gasteiger partial charge in [-0.3, -0.25) is 4.79 Å². The molecule has 0 fully saturated rings. The molecule has 1 amide bonds. The third-order valence-electron chi connectivity index (χ3n) is 3.73. The highest BCUT2D eigenvalue weighted by molar-refractivity contribution is 5.78. The maximum Gasteiger partial charge on any atom is 0.258 e. The lowest BCUT2D eigenvalue weighted by Crippen LogP contribution is -2.32. The summed E-state index contributed by atoms with van der Waals surface area (Å²) in [5, 5.41) is 3.02. The summed E-state index contributed by atoms with van der Waals surface area (Å²) in [6.45, 7) is 6.53. The third-order valence-corrected chi connectivity index (χ3v) is 3.73. The second-order valence-electron chi connectivity index (χ2n) is 5.61. The Hall–Kier alpha value is -2.49. The molecule has 2 aromatic rings. The van der Waals surface area contributed by atoms with E-state index in [9.17, 15) is 4.79 Å². The number of nitrogens with one attached hydrogen (secondary N) is 1. The van der Waals surface area contributed by atoms with Crippen molar-refractivity contribution in [2.45, 2.75) is 33.2 Å². The second-order valence-corrected chi connectivity index (χ2v) is 5.61. The van der Waals surface area contributed by atoms with Gasteiger partial charge in [-0.25, -0.2) is 0 Å². The zero-order valence-corrected chi connectivity index (χ0v) is 14.5. The molecule has 0 saturated heterocycles. The lowest BCUT2D eigenvalue weighted by Gasteiger charge is -2.18. The van der Waals surface area contributed by atoms with Crippen molar-refractivity contribution in [3.63, 3.8) is 0 Å². The van der Waals surface area contributed by atoms with Crippen LogP contribution in [0.25, 0.3) is 0 Å². The lowest BCUT2D eigenvalue weighted by molar-refractivity contribution is -0.123. The predicted molar refractivity (Wildman–Crippen MR) is 95.5 cm³/mol. The van der Waals surface area contributed by atoms with Crippen molar-refractivity contribution in [1.29, 1.82) is 0 Å². The molecule has 4 nitrogen and oxygen atoms in total. The SMILES string of the molecule is CCOc1ccccc1OCC(=O)N[C@H](CC)c1ccc(C)cc1. The van der Waals surface area contributed by atoms with Crippen LogP contribution < -0.4 is 14.8 Å². The van der Waals surface area contributed by atoms with Crippen molar-refractivity contribution in [3.05, 3.63) is 59.7 Å². The topological polar surface area (TPSA) is 47.6 Å². The Morgan fingerprint density at radius 2 is 1.62 bits per heavy atom. The van der Waals surface area contributed by atoms with Crippen molar-refractivity contribution in [2.75, 3.05) is 13.2 Å². The largest absolute Gasteiger partial charge is 0.490 e. The highest BCUT2D eigenvalue weighted by Crippen LogP contribution is 2.26. The Labute approximate surface area is 143 Å². The summed E-state index contributed by atoms with van der Waals surface area (Å²) in [4.78, 5) is 12.2. The minimum Gasteiger partial charge on any atom is -0.490 e. The summed E-state index contributed by atoms with van der Waals surface area (Å²) in [7, 11) is 0. The molecule has 0 aliphatic carbocycles. The molecule has 1 atom stereocenters. The number of benzene rings is 2. The Kier molecular flexibility index (Phi) is 6.67. The van der Waals surface area contributed by atoms with Crippen LogP contribution in [0, 0.1) is 6.92 Å². The highest BCUT2D eigenvalue weighted by Gasteiger charge is 2.14. The molecule has 128 valence electrons. The Morgan fingerprint density at radius 1 is 1.00 bits per heavy atom. The van der Waals surface area contributed by atoms with E-state index >= 15 is 0 Å². The number of rotatable bonds is 8. The fourth-order valence-corrected chi connectivity index (χ4v) is 2.44. The zero-order chi connectivity index (χ0) is 17.4. The molecule has 0 spiro atoms. The van der Waals surface area contributed by atoms with Gasteiger partial charge in [-0.2, -0.15) is 0 Å². The fraction of sp³-hybridized carbons (Fsp3) is 0.350. The summed E-state index contributed by atoms with van der Waals surface area (Å²) in [5.41, 5.74) is 2.31. The highest BCUT2D eigenvalue weighted by atomic mass is 16.5. The van der Waals surface area contributed by atoms with Crippen LogP contribution in [0.4, 0.5) is 0 Å². The van der Waals surface area contributed by atoms with Crippen molar-refractivity contribution in [2.24, 2.45) is 0 Å². The number of carbonyl (C=O) groups is 1. The molecule has 1 N–H and O–H groups in total. The number of aryl methyl sites for hydroxylation is 1. The minimum absolute atomic E-state index is 0.0103.